The largest absolute Gasteiger partial charge is 0.296 e. The summed E-state index contributed by atoms with van der Waals surface area (Å²) >= 11 is 1.33. The van der Waals surface area contributed by atoms with Crippen molar-refractivity contribution in [3.63, 3.8) is 0 Å². The van der Waals surface area contributed by atoms with Gasteiger partial charge in [0, 0.05) is 16.7 Å². The molecule has 0 bridgehead atoms. The number of aryl methyl sites for hydroxylation is 1. The maximum Gasteiger partial charge on any atom is 0.257 e. The van der Waals surface area contributed by atoms with Gasteiger partial charge < -0.3 is 0 Å². The Bertz CT molecular complexity index is 1380. The van der Waals surface area contributed by atoms with Gasteiger partial charge >= 0.3 is 0 Å². The number of carbonyl (C=O) groups is 1. The van der Waals surface area contributed by atoms with Crippen LogP contribution in [0.25, 0.3) is 33.5 Å². The van der Waals surface area contributed by atoms with Crippen LogP contribution in [0.1, 0.15) is 15.4 Å². The molecule has 0 atom stereocenters. The molecule has 7 heteroatoms. The molecule has 0 radical (unpaired) electrons. The third-order valence-corrected chi connectivity index (χ3v) is 5.52. The number of benzene rings is 3. The number of amides is 1. The predicted octanol–water partition coefficient (Wildman–Crippen LogP) is 5.38. The number of carbonyl (C=O) groups excluding carboxylic acids is 1. The molecule has 0 unspecified atom stereocenters. The summed E-state index contributed by atoms with van der Waals surface area (Å²) in [5.74, 6) is -0.256. The summed E-state index contributed by atoms with van der Waals surface area (Å²) in [6.07, 6.45) is 0. The van der Waals surface area contributed by atoms with E-state index in [2.05, 4.69) is 15.5 Å². The van der Waals surface area contributed by atoms with E-state index in [0.29, 0.717) is 16.2 Å². The zero-order chi connectivity index (χ0) is 21.2. The van der Waals surface area contributed by atoms with Gasteiger partial charge in [0.2, 0.25) is 5.13 Å². The van der Waals surface area contributed by atoms with Gasteiger partial charge in [0.1, 0.15) is 5.01 Å². The Morgan fingerprint density at radius 2 is 1.39 bits per heavy atom. The number of nitrogens with zero attached hydrogens (tertiary/aromatic N) is 4. The van der Waals surface area contributed by atoms with Crippen LogP contribution >= 0.6 is 11.3 Å². The lowest BCUT2D eigenvalue weighted by Gasteiger charge is -2.11. The SMILES string of the molecule is Cc1nnc(NC(=O)c2ccc3nc(-c4ccccc4)c(-c4ccccc4)nc3c2)s1. The number of hydrogen-bond acceptors (Lipinski definition) is 6. The standard InChI is InChI=1S/C24H17N5OS/c1-15-28-29-24(31-15)27-23(30)18-12-13-19-20(14-18)26-22(17-10-6-3-7-11-17)21(25-19)16-8-4-2-5-9-16/h2-14H,1H3,(H,27,29,30). The average Bonchev–Trinajstić information content (AvgIpc) is 3.23. The number of nitrogens with one attached hydrogen (secondary N) is 1. The Hall–Kier alpha value is -3.97. The first kappa shape index (κ1) is 19.0. The van der Waals surface area contributed by atoms with Gasteiger partial charge in [-0.1, -0.05) is 72.0 Å². The number of anilines is 1. The van der Waals surface area contributed by atoms with Gasteiger partial charge in [-0.3, -0.25) is 10.1 Å². The van der Waals surface area contributed by atoms with Crippen molar-refractivity contribution in [1.29, 1.82) is 0 Å². The summed E-state index contributed by atoms with van der Waals surface area (Å²) in [6, 6.07) is 25.3. The van der Waals surface area contributed by atoms with Crippen LogP contribution in [0.4, 0.5) is 5.13 Å². The van der Waals surface area contributed by atoms with Crippen LogP contribution < -0.4 is 5.32 Å². The highest BCUT2D eigenvalue weighted by Crippen LogP contribution is 2.31. The van der Waals surface area contributed by atoms with E-state index in [1.807, 2.05) is 73.7 Å². The van der Waals surface area contributed by atoms with Gasteiger partial charge in [0.15, 0.2) is 0 Å². The summed E-state index contributed by atoms with van der Waals surface area (Å²) < 4.78 is 0. The molecule has 5 rings (SSSR count). The molecule has 3 aromatic carbocycles. The lowest BCUT2D eigenvalue weighted by Crippen LogP contribution is -2.11. The van der Waals surface area contributed by atoms with Gasteiger partial charge in [-0.05, 0) is 25.1 Å². The van der Waals surface area contributed by atoms with Gasteiger partial charge in [-0.15, -0.1) is 10.2 Å². The van der Waals surface area contributed by atoms with E-state index >= 15 is 0 Å². The first-order valence-electron chi connectivity index (χ1n) is 9.71. The monoisotopic (exact) mass is 423 g/mol. The first-order chi connectivity index (χ1) is 15.2. The van der Waals surface area contributed by atoms with Crippen molar-refractivity contribution in [3.8, 4) is 22.5 Å². The van der Waals surface area contributed by atoms with Gasteiger partial charge in [-0.2, -0.15) is 0 Å². The lowest BCUT2D eigenvalue weighted by molar-refractivity contribution is 0.102. The van der Waals surface area contributed by atoms with Crippen LogP contribution in [0.3, 0.4) is 0 Å². The topological polar surface area (TPSA) is 80.7 Å². The zero-order valence-electron chi connectivity index (χ0n) is 16.6. The van der Waals surface area contributed by atoms with Crippen LogP contribution in [-0.4, -0.2) is 26.1 Å². The van der Waals surface area contributed by atoms with Crippen molar-refractivity contribution >= 4 is 33.4 Å². The summed E-state index contributed by atoms with van der Waals surface area (Å²) in [7, 11) is 0. The fraction of sp³-hybridized carbons (Fsp3) is 0.0417. The number of aromatic nitrogens is 4. The summed E-state index contributed by atoms with van der Waals surface area (Å²) in [5, 5.41) is 11.9. The van der Waals surface area contributed by atoms with Crippen LogP contribution in [0.2, 0.25) is 0 Å². The van der Waals surface area contributed by atoms with Crippen molar-refractivity contribution in [3.05, 3.63) is 89.4 Å². The molecule has 0 saturated heterocycles. The zero-order valence-corrected chi connectivity index (χ0v) is 17.4. The molecule has 0 fully saturated rings. The highest BCUT2D eigenvalue weighted by atomic mass is 32.1. The molecule has 5 aromatic rings. The quantitative estimate of drug-likeness (QED) is 0.420. The maximum absolute atomic E-state index is 12.7. The Morgan fingerprint density at radius 3 is 1.97 bits per heavy atom. The van der Waals surface area contributed by atoms with Gasteiger partial charge in [0.25, 0.3) is 5.91 Å². The van der Waals surface area contributed by atoms with Crippen molar-refractivity contribution < 1.29 is 4.79 Å². The summed E-state index contributed by atoms with van der Waals surface area (Å²) in [4.78, 5) is 22.5. The van der Waals surface area contributed by atoms with Crippen molar-refractivity contribution in [2.24, 2.45) is 0 Å². The van der Waals surface area contributed by atoms with Crippen LogP contribution in [0.5, 0.6) is 0 Å². The minimum atomic E-state index is -0.256. The molecule has 0 spiro atoms. The van der Waals surface area contributed by atoms with Crippen LogP contribution in [0.15, 0.2) is 78.9 Å². The van der Waals surface area contributed by atoms with Crippen molar-refractivity contribution in [2.75, 3.05) is 5.32 Å². The van der Waals surface area contributed by atoms with Crippen LogP contribution in [0, 0.1) is 6.92 Å². The molecule has 2 heterocycles. The highest BCUT2D eigenvalue weighted by molar-refractivity contribution is 7.15. The Kier molecular flexibility index (Phi) is 4.93. The molecule has 1 N–H and O–H groups in total. The molecule has 0 saturated carbocycles. The molecule has 31 heavy (non-hydrogen) atoms. The molecule has 0 aliphatic heterocycles. The second kappa shape index (κ2) is 8.04. The number of rotatable bonds is 4. The number of hydrogen-bond donors (Lipinski definition) is 1. The van der Waals surface area contributed by atoms with E-state index in [1.165, 1.54) is 11.3 Å². The molecular weight excluding hydrogens is 406 g/mol. The maximum atomic E-state index is 12.7. The third kappa shape index (κ3) is 3.91. The predicted molar refractivity (Wildman–Crippen MR) is 123 cm³/mol. The van der Waals surface area contributed by atoms with Gasteiger partial charge in [0.05, 0.1) is 22.4 Å². The van der Waals surface area contributed by atoms with Gasteiger partial charge in [-0.25, -0.2) is 9.97 Å². The summed E-state index contributed by atoms with van der Waals surface area (Å²) in [5.41, 5.74) is 5.40. The fourth-order valence-corrected chi connectivity index (χ4v) is 3.89. The van der Waals surface area contributed by atoms with Crippen molar-refractivity contribution in [2.45, 2.75) is 6.92 Å². The minimum absolute atomic E-state index is 0.256. The molecular formula is C24H17N5OS. The van der Waals surface area contributed by atoms with E-state index in [1.54, 1.807) is 12.1 Å². The molecule has 0 aliphatic carbocycles. The molecule has 2 aromatic heterocycles. The van der Waals surface area contributed by atoms with E-state index in [0.717, 1.165) is 33.0 Å². The fourth-order valence-electron chi connectivity index (χ4n) is 3.31. The molecule has 0 aliphatic rings. The molecule has 1 amide bonds. The summed E-state index contributed by atoms with van der Waals surface area (Å²) in [6.45, 7) is 1.84. The Labute approximate surface area is 182 Å². The smallest absolute Gasteiger partial charge is 0.257 e. The molecule has 6 nitrogen and oxygen atoms in total. The third-order valence-electron chi connectivity index (χ3n) is 4.77. The van der Waals surface area contributed by atoms with E-state index < -0.39 is 0 Å². The van der Waals surface area contributed by atoms with E-state index in [4.69, 9.17) is 9.97 Å². The second-order valence-corrected chi connectivity index (χ2v) is 8.12. The Morgan fingerprint density at radius 1 is 0.774 bits per heavy atom. The highest BCUT2D eigenvalue weighted by Gasteiger charge is 2.15. The normalized spacial score (nSPS) is 10.9. The van der Waals surface area contributed by atoms with Crippen molar-refractivity contribution in [1.82, 2.24) is 20.2 Å². The minimum Gasteiger partial charge on any atom is -0.296 e. The first-order valence-corrected chi connectivity index (χ1v) is 10.5. The van der Waals surface area contributed by atoms with E-state index in [9.17, 15) is 4.79 Å². The molecule has 150 valence electrons. The Balaban J connectivity index is 1.61. The number of fused-ring (bicyclic) bond motifs is 1. The van der Waals surface area contributed by atoms with E-state index in [-0.39, 0.29) is 5.91 Å². The van der Waals surface area contributed by atoms with Crippen LogP contribution in [-0.2, 0) is 0 Å². The second-order valence-electron chi connectivity index (χ2n) is 6.94. The average molecular weight is 424 g/mol. The lowest BCUT2D eigenvalue weighted by atomic mass is 10.0.